The highest BCUT2D eigenvalue weighted by Gasteiger charge is 2.24. The third kappa shape index (κ3) is 4.66. The monoisotopic (exact) mass is 374 g/mol. The maximum absolute atomic E-state index is 12.5. The fraction of sp³-hybridized carbons (Fsp3) is 0.222. The van der Waals surface area contributed by atoms with Crippen LogP contribution in [0.3, 0.4) is 0 Å². The summed E-state index contributed by atoms with van der Waals surface area (Å²) in [5.41, 5.74) is 1.57. The van der Waals surface area contributed by atoms with Crippen LogP contribution in [0.25, 0.3) is 0 Å². The number of para-hydroxylation sites is 1. The van der Waals surface area contributed by atoms with Gasteiger partial charge in [0.1, 0.15) is 0 Å². The third-order valence-electron chi connectivity index (χ3n) is 3.40. The number of anilines is 1. The molecule has 2 rings (SSSR count). The van der Waals surface area contributed by atoms with Gasteiger partial charge in [-0.3, -0.25) is 9.59 Å². The predicted molar refractivity (Wildman–Crippen MR) is 94.9 cm³/mol. The summed E-state index contributed by atoms with van der Waals surface area (Å²) in [4.78, 5) is 26.3. The molecule has 0 aliphatic rings. The minimum Gasteiger partial charge on any atom is -0.328 e. The standard InChI is InChI=1S/C18H19BrN2O2/c1-13(2)21(12-14-8-4-3-5-9-14)18(23)17(22)20-16-11-7-6-10-15(16)19/h3-11,13H,12H2,1-2H3,(H,20,22). The molecular formula is C18H19BrN2O2. The van der Waals surface area contributed by atoms with Gasteiger partial charge < -0.3 is 10.2 Å². The van der Waals surface area contributed by atoms with Gasteiger partial charge in [-0.2, -0.15) is 0 Å². The van der Waals surface area contributed by atoms with Crippen LogP contribution in [0.5, 0.6) is 0 Å². The lowest BCUT2D eigenvalue weighted by Gasteiger charge is -2.26. The van der Waals surface area contributed by atoms with E-state index in [1.54, 1.807) is 17.0 Å². The lowest BCUT2D eigenvalue weighted by atomic mass is 10.2. The van der Waals surface area contributed by atoms with E-state index in [1.165, 1.54) is 0 Å². The second-order valence-corrected chi connectivity index (χ2v) is 6.30. The number of hydrogen-bond donors (Lipinski definition) is 1. The Bertz CT molecular complexity index is 686. The van der Waals surface area contributed by atoms with Gasteiger partial charge in [0.05, 0.1) is 5.69 Å². The van der Waals surface area contributed by atoms with E-state index in [-0.39, 0.29) is 6.04 Å². The molecule has 0 spiro atoms. The Morgan fingerprint density at radius 1 is 1.04 bits per heavy atom. The van der Waals surface area contributed by atoms with Gasteiger partial charge in [-0.25, -0.2) is 0 Å². The summed E-state index contributed by atoms with van der Waals surface area (Å²) in [6.07, 6.45) is 0. The maximum Gasteiger partial charge on any atom is 0.313 e. The molecule has 0 bridgehead atoms. The van der Waals surface area contributed by atoms with Crippen molar-refractivity contribution < 1.29 is 9.59 Å². The molecule has 0 atom stereocenters. The average molecular weight is 375 g/mol. The van der Waals surface area contributed by atoms with E-state index in [0.717, 1.165) is 10.0 Å². The first-order valence-corrected chi connectivity index (χ1v) is 8.18. The van der Waals surface area contributed by atoms with Gasteiger partial charge in [0.25, 0.3) is 0 Å². The number of halogens is 1. The van der Waals surface area contributed by atoms with Crippen LogP contribution >= 0.6 is 15.9 Å². The van der Waals surface area contributed by atoms with Crippen LogP contribution in [0.4, 0.5) is 5.69 Å². The Morgan fingerprint density at radius 2 is 1.65 bits per heavy atom. The Hall–Kier alpha value is -2.14. The maximum atomic E-state index is 12.5. The molecule has 0 saturated carbocycles. The van der Waals surface area contributed by atoms with Crippen molar-refractivity contribution >= 4 is 33.4 Å². The van der Waals surface area contributed by atoms with E-state index in [4.69, 9.17) is 0 Å². The summed E-state index contributed by atoms with van der Waals surface area (Å²) >= 11 is 3.35. The molecule has 5 heteroatoms. The van der Waals surface area contributed by atoms with Gasteiger partial charge in [-0.1, -0.05) is 42.5 Å². The third-order valence-corrected chi connectivity index (χ3v) is 4.09. The van der Waals surface area contributed by atoms with Gasteiger partial charge >= 0.3 is 11.8 Å². The van der Waals surface area contributed by atoms with Crippen molar-refractivity contribution in [2.45, 2.75) is 26.4 Å². The lowest BCUT2D eigenvalue weighted by Crippen LogP contribution is -2.43. The van der Waals surface area contributed by atoms with Crippen LogP contribution in [0.2, 0.25) is 0 Å². The van der Waals surface area contributed by atoms with E-state index in [0.29, 0.717) is 12.2 Å². The van der Waals surface area contributed by atoms with Crippen molar-refractivity contribution in [3.05, 3.63) is 64.6 Å². The van der Waals surface area contributed by atoms with E-state index in [9.17, 15) is 9.59 Å². The van der Waals surface area contributed by atoms with Gasteiger partial charge in [-0.05, 0) is 47.5 Å². The molecule has 2 aromatic carbocycles. The normalized spacial score (nSPS) is 10.4. The number of carbonyl (C=O) groups excluding carboxylic acids is 2. The minimum atomic E-state index is -0.637. The van der Waals surface area contributed by atoms with Crippen LogP contribution < -0.4 is 5.32 Å². The van der Waals surface area contributed by atoms with Gasteiger partial charge in [0, 0.05) is 17.1 Å². The number of amides is 2. The highest BCUT2D eigenvalue weighted by Crippen LogP contribution is 2.21. The average Bonchev–Trinajstić information content (AvgIpc) is 2.54. The highest BCUT2D eigenvalue weighted by molar-refractivity contribution is 9.10. The molecule has 0 fully saturated rings. The largest absolute Gasteiger partial charge is 0.328 e. The number of benzene rings is 2. The smallest absolute Gasteiger partial charge is 0.313 e. The SMILES string of the molecule is CC(C)N(Cc1ccccc1)C(=O)C(=O)Nc1ccccc1Br. The van der Waals surface area contributed by atoms with E-state index >= 15 is 0 Å². The minimum absolute atomic E-state index is 0.0762. The van der Waals surface area contributed by atoms with Crippen molar-refractivity contribution in [1.82, 2.24) is 4.90 Å². The zero-order valence-corrected chi connectivity index (χ0v) is 14.7. The number of hydrogen-bond acceptors (Lipinski definition) is 2. The molecule has 0 aromatic heterocycles. The van der Waals surface area contributed by atoms with Gasteiger partial charge in [-0.15, -0.1) is 0 Å². The number of rotatable bonds is 4. The van der Waals surface area contributed by atoms with Crippen LogP contribution in [-0.2, 0) is 16.1 Å². The quantitative estimate of drug-likeness (QED) is 0.826. The molecule has 0 heterocycles. The molecule has 23 heavy (non-hydrogen) atoms. The first-order chi connectivity index (χ1) is 11.0. The van der Waals surface area contributed by atoms with E-state index in [1.807, 2.05) is 56.3 Å². The van der Waals surface area contributed by atoms with Gasteiger partial charge in [0.2, 0.25) is 0 Å². The van der Waals surface area contributed by atoms with Crippen molar-refractivity contribution in [2.75, 3.05) is 5.32 Å². The zero-order valence-electron chi connectivity index (χ0n) is 13.1. The molecule has 0 saturated heterocycles. The molecular weight excluding hydrogens is 356 g/mol. The molecule has 1 N–H and O–H groups in total. The first kappa shape index (κ1) is 17.2. The van der Waals surface area contributed by atoms with Crippen molar-refractivity contribution in [3.8, 4) is 0 Å². The summed E-state index contributed by atoms with van der Waals surface area (Å²) in [6.45, 7) is 4.19. The predicted octanol–water partition coefficient (Wildman–Crippen LogP) is 3.82. The Labute approximate surface area is 144 Å². The van der Waals surface area contributed by atoms with Crippen molar-refractivity contribution in [2.24, 2.45) is 0 Å². The molecule has 2 aromatic rings. The second-order valence-electron chi connectivity index (χ2n) is 5.45. The lowest BCUT2D eigenvalue weighted by molar-refractivity contribution is -0.144. The van der Waals surface area contributed by atoms with Crippen molar-refractivity contribution in [1.29, 1.82) is 0 Å². The van der Waals surface area contributed by atoms with Gasteiger partial charge in [0.15, 0.2) is 0 Å². The summed E-state index contributed by atoms with van der Waals surface area (Å²) in [5.74, 6) is -1.18. The molecule has 120 valence electrons. The summed E-state index contributed by atoms with van der Waals surface area (Å²) < 4.78 is 0.736. The Morgan fingerprint density at radius 3 is 2.26 bits per heavy atom. The fourth-order valence-electron chi connectivity index (χ4n) is 2.14. The van der Waals surface area contributed by atoms with E-state index < -0.39 is 11.8 Å². The molecule has 0 radical (unpaired) electrons. The number of nitrogens with one attached hydrogen (secondary N) is 1. The molecule has 2 amide bonds. The summed E-state index contributed by atoms with van der Waals surface area (Å²) in [6, 6.07) is 16.8. The van der Waals surface area contributed by atoms with Crippen LogP contribution in [0.1, 0.15) is 19.4 Å². The first-order valence-electron chi connectivity index (χ1n) is 7.39. The summed E-state index contributed by atoms with van der Waals surface area (Å²) in [7, 11) is 0. The Kier molecular flexibility index (Phi) is 5.93. The molecule has 0 aliphatic heterocycles. The number of nitrogens with zero attached hydrogens (tertiary/aromatic N) is 1. The molecule has 0 unspecified atom stereocenters. The fourth-order valence-corrected chi connectivity index (χ4v) is 2.52. The van der Waals surface area contributed by atoms with Crippen LogP contribution in [-0.4, -0.2) is 22.8 Å². The second kappa shape index (κ2) is 7.92. The number of carbonyl (C=O) groups is 2. The van der Waals surface area contributed by atoms with Crippen LogP contribution in [0.15, 0.2) is 59.1 Å². The Balaban J connectivity index is 2.11. The van der Waals surface area contributed by atoms with Crippen LogP contribution in [0, 0.1) is 0 Å². The topological polar surface area (TPSA) is 49.4 Å². The zero-order chi connectivity index (χ0) is 16.8. The summed E-state index contributed by atoms with van der Waals surface area (Å²) in [5, 5.41) is 2.65. The van der Waals surface area contributed by atoms with E-state index in [2.05, 4.69) is 21.2 Å². The van der Waals surface area contributed by atoms with Crippen molar-refractivity contribution in [3.63, 3.8) is 0 Å². The molecule has 4 nitrogen and oxygen atoms in total. The highest BCUT2D eigenvalue weighted by atomic mass is 79.9. The molecule has 0 aliphatic carbocycles.